The first-order valence-electron chi connectivity index (χ1n) is 8.50. The van der Waals surface area contributed by atoms with Crippen molar-refractivity contribution in [2.24, 2.45) is 0 Å². The van der Waals surface area contributed by atoms with Gasteiger partial charge in [-0.05, 0) is 56.0 Å². The van der Waals surface area contributed by atoms with Gasteiger partial charge in [-0.25, -0.2) is 14.4 Å². The Morgan fingerprint density at radius 3 is 2.56 bits per heavy atom. The molecule has 0 aliphatic rings. The van der Waals surface area contributed by atoms with Crippen LogP contribution in [0, 0.1) is 19.7 Å². The number of aromatic nitrogens is 2. The number of halogens is 1. The second kappa shape index (κ2) is 7.29. The number of hydrogen-bond acceptors (Lipinski definition) is 5. The third-order valence-corrected chi connectivity index (χ3v) is 6.03. The van der Waals surface area contributed by atoms with Gasteiger partial charge in [-0.15, -0.1) is 23.1 Å². The van der Waals surface area contributed by atoms with E-state index >= 15 is 0 Å². The van der Waals surface area contributed by atoms with Gasteiger partial charge in [-0.2, -0.15) is 0 Å². The molecule has 0 spiro atoms. The first-order chi connectivity index (χ1) is 13.0. The van der Waals surface area contributed by atoms with Crippen LogP contribution in [-0.4, -0.2) is 16.2 Å². The highest BCUT2D eigenvalue weighted by Gasteiger charge is 2.18. The molecule has 0 aliphatic heterocycles. The van der Waals surface area contributed by atoms with Gasteiger partial charge in [0.15, 0.2) is 0 Å². The average molecular weight is 396 g/mol. The van der Waals surface area contributed by atoms with Crippen LogP contribution in [-0.2, 0) is 0 Å². The Morgan fingerprint density at radius 2 is 1.81 bits per heavy atom. The quantitative estimate of drug-likeness (QED) is 0.396. The van der Waals surface area contributed by atoms with E-state index in [1.54, 1.807) is 23.1 Å². The van der Waals surface area contributed by atoms with E-state index in [1.165, 1.54) is 17.0 Å². The van der Waals surface area contributed by atoms with Crippen LogP contribution in [0.4, 0.5) is 15.9 Å². The summed E-state index contributed by atoms with van der Waals surface area (Å²) in [6, 6.07) is 14.8. The molecule has 136 valence electrons. The average Bonchev–Trinajstić information content (AvgIpc) is 2.98. The number of nitrogens with one attached hydrogen (secondary N) is 1. The van der Waals surface area contributed by atoms with E-state index in [0.717, 1.165) is 43.6 Å². The molecule has 2 heterocycles. The van der Waals surface area contributed by atoms with Crippen LogP contribution in [0.5, 0.6) is 0 Å². The summed E-state index contributed by atoms with van der Waals surface area (Å²) >= 11 is 3.33. The fourth-order valence-corrected chi connectivity index (χ4v) is 4.66. The van der Waals surface area contributed by atoms with Gasteiger partial charge < -0.3 is 5.32 Å². The van der Waals surface area contributed by atoms with Crippen LogP contribution in [0.2, 0.25) is 0 Å². The summed E-state index contributed by atoms with van der Waals surface area (Å²) in [6.07, 6.45) is 2.06. The van der Waals surface area contributed by atoms with Crippen molar-refractivity contribution in [2.75, 3.05) is 11.6 Å². The standard InChI is InChI=1S/C21H18FN3S2/c1-12-18(14-7-9-15(22)10-8-14)19-20(23-13(2)24-21(19)27-12)25-16-5-4-6-17(11-16)26-3/h4-11H,1-3H3,(H,23,24,25). The lowest BCUT2D eigenvalue weighted by Crippen LogP contribution is -1.98. The third-order valence-electron chi connectivity index (χ3n) is 4.30. The number of benzene rings is 2. The molecule has 0 saturated carbocycles. The monoisotopic (exact) mass is 395 g/mol. The van der Waals surface area contributed by atoms with Gasteiger partial charge in [0.05, 0.1) is 5.39 Å². The zero-order valence-electron chi connectivity index (χ0n) is 15.2. The first-order valence-corrected chi connectivity index (χ1v) is 10.5. The normalized spacial score (nSPS) is 11.1. The first kappa shape index (κ1) is 17.9. The Balaban J connectivity index is 1.90. The van der Waals surface area contributed by atoms with E-state index in [0.29, 0.717) is 0 Å². The Kier molecular flexibility index (Phi) is 4.85. The number of hydrogen-bond donors (Lipinski definition) is 1. The van der Waals surface area contributed by atoms with Gasteiger partial charge in [0.25, 0.3) is 0 Å². The van der Waals surface area contributed by atoms with E-state index in [2.05, 4.69) is 40.6 Å². The molecule has 27 heavy (non-hydrogen) atoms. The minimum absolute atomic E-state index is 0.240. The van der Waals surface area contributed by atoms with Crippen molar-refractivity contribution < 1.29 is 4.39 Å². The van der Waals surface area contributed by atoms with Crippen molar-refractivity contribution in [3.63, 3.8) is 0 Å². The molecule has 2 aromatic heterocycles. The largest absolute Gasteiger partial charge is 0.340 e. The summed E-state index contributed by atoms with van der Waals surface area (Å²) in [7, 11) is 0. The molecule has 0 amide bonds. The molecule has 0 fully saturated rings. The van der Waals surface area contributed by atoms with Crippen LogP contribution >= 0.6 is 23.1 Å². The number of fused-ring (bicyclic) bond motifs is 1. The van der Waals surface area contributed by atoms with Gasteiger partial charge in [0, 0.05) is 21.0 Å². The molecule has 0 radical (unpaired) electrons. The van der Waals surface area contributed by atoms with Crippen LogP contribution in [0.3, 0.4) is 0 Å². The molecular weight excluding hydrogens is 377 g/mol. The highest BCUT2D eigenvalue weighted by atomic mass is 32.2. The zero-order valence-corrected chi connectivity index (χ0v) is 16.8. The third kappa shape index (κ3) is 3.55. The second-order valence-corrected chi connectivity index (χ2v) is 8.28. The maximum absolute atomic E-state index is 13.4. The van der Waals surface area contributed by atoms with Gasteiger partial charge in [-0.1, -0.05) is 18.2 Å². The Bertz CT molecular complexity index is 1120. The van der Waals surface area contributed by atoms with Crippen molar-refractivity contribution in [2.45, 2.75) is 18.7 Å². The Labute approximate surface area is 165 Å². The summed E-state index contributed by atoms with van der Waals surface area (Å²) in [5.74, 6) is 1.26. The Morgan fingerprint density at radius 1 is 1.04 bits per heavy atom. The summed E-state index contributed by atoms with van der Waals surface area (Å²) in [4.78, 5) is 12.6. The van der Waals surface area contributed by atoms with Crippen molar-refractivity contribution in [1.29, 1.82) is 0 Å². The van der Waals surface area contributed by atoms with E-state index in [1.807, 2.05) is 31.2 Å². The van der Waals surface area contributed by atoms with Gasteiger partial charge in [-0.3, -0.25) is 0 Å². The predicted octanol–water partition coefficient (Wildman–Crippen LogP) is 6.58. The zero-order chi connectivity index (χ0) is 19.0. The van der Waals surface area contributed by atoms with Crippen LogP contribution < -0.4 is 5.32 Å². The molecule has 3 nitrogen and oxygen atoms in total. The lowest BCUT2D eigenvalue weighted by molar-refractivity contribution is 0.628. The van der Waals surface area contributed by atoms with E-state index in [-0.39, 0.29) is 5.82 Å². The number of nitrogens with zero attached hydrogens (tertiary/aromatic N) is 2. The van der Waals surface area contributed by atoms with Crippen LogP contribution in [0.15, 0.2) is 53.4 Å². The minimum atomic E-state index is -0.240. The maximum atomic E-state index is 13.4. The number of aryl methyl sites for hydroxylation is 2. The fourth-order valence-electron chi connectivity index (χ4n) is 3.11. The minimum Gasteiger partial charge on any atom is -0.340 e. The molecule has 0 atom stereocenters. The highest BCUT2D eigenvalue weighted by molar-refractivity contribution is 7.98. The summed E-state index contributed by atoms with van der Waals surface area (Å²) in [6.45, 7) is 3.97. The van der Waals surface area contributed by atoms with Gasteiger partial charge >= 0.3 is 0 Å². The number of anilines is 2. The SMILES string of the molecule is CSc1cccc(Nc2nc(C)nc3sc(C)c(-c4ccc(F)cc4)c23)c1. The molecule has 2 aromatic carbocycles. The van der Waals surface area contributed by atoms with Gasteiger partial charge in [0.2, 0.25) is 0 Å². The lowest BCUT2D eigenvalue weighted by Gasteiger charge is -2.11. The molecule has 0 bridgehead atoms. The highest BCUT2D eigenvalue weighted by Crippen LogP contribution is 2.41. The number of rotatable bonds is 4. The molecule has 1 N–H and O–H groups in total. The van der Waals surface area contributed by atoms with Crippen molar-refractivity contribution in [1.82, 2.24) is 9.97 Å². The summed E-state index contributed by atoms with van der Waals surface area (Å²) < 4.78 is 13.4. The molecule has 4 aromatic rings. The van der Waals surface area contributed by atoms with Crippen molar-refractivity contribution in [3.05, 3.63) is 65.0 Å². The molecule has 4 rings (SSSR count). The number of thioether (sulfide) groups is 1. The maximum Gasteiger partial charge on any atom is 0.143 e. The van der Waals surface area contributed by atoms with E-state index in [4.69, 9.17) is 0 Å². The predicted molar refractivity (Wildman–Crippen MR) is 114 cm³/mol. The summed E-state index contributed by atoms with van der Waals surface area (Å²) in [5.41, 5.74) is 3.00. The molecule has 0 aliphatic carbocycles. The van der Waals surface area contributed by atoms with Crippen molar-refractivity contribution in [3.8, 4) is 11.1 Å². The molecule has 0 saturated heterocycles. The molecular formula is C21H18FN3S2. The topological polar surface area (TPSA) is 37.8 Å². The van der Waals surface area contributed by atoms with Crippen LogP contribution in [0.25, 0.3) is 21.3 Å². The smallest absolute Gasteiger partial charge is 0.143 e. The second-order valence-electron chi connectivity index (χ2n) is 6.20. The van der Waals surface area contributed by atoms with E-state index < -0.39 is 0 Å². The number of thiophene rings is 1. The van der Waals surface area contributed by atoms with Crippen LogP contribution in [0.1, 0.15) is 10.7 Å². The fraction of sp³-hybridized carbons (Fsp3) is 0.143. The van der Waals surface area contributed by atoms with Crippen molar-refractivity contribution >= 4 is 44.8 Å². The molecule has 0 unspecified atom stereocenters. The summed E-state index contributed by atoms with van der Waals surface area (Å²) in [5, 5.41) is 4.44. The van der Waals surface area contributed by atoms with E-state index in [9.17, 15) is 4.39 Å². The molecule has 6 heteroatoms. The Hall–Kier alpha value is -2.44. The van der Waals surface area contributed by atoms with Gasteiger partial charge in [0.1, 0.15) is 22.3 Å². The lowest BCUT2D eigenvalue weighted by atomic mass is 10.0.